The molecule has 0 atom stereocenters. The van der Waals surface area contributed by atoms with Crippen LogP contribution in [0, 0.1) is 6.92 Å². The molecule has 1 aliphatic rings. The van der Waals surface area contributed by atoms with Crippen molar-refractivity contribution in [1.82, 2.24) is 5.16 Å². The third-order valence-electron chi connectivity index (χ3n) is 3.46. The number of aromatic carboxylic acids is 1. The second-order valence-corrected chi connectivity index (χ2v) is 5.18. The van der Waals surface area contributed by atoms with Crippen LogP contribution >= 0.6 is 0 Å². The zero-order valence-electron chi connectivity index (χ0n) is 11.4. The number of rotatable bonds is 4. The molecule has 1 amide bonds. The van der Waals surface area contributed by atoms with Crippen LogP contribution in [0.1, 0.15) is 50.9 Å². The second kappa shape index (κ2) is 5.05. The molecule has 0 aliphatic heterocycles. The van der Waals surface area contributed by atoms with Gasteiger partial charge >= 0.3 is 5.97 Å². The fraction of sp³-hybridized carbons (Fsp3) is 0.267. The summed E-state index contributed by atoms with van der Waals surface area (Å²) in [6.07, 6.45) is 2.15. The van der Waals surface area contributed by atoms with Gasteiger partial charge in [-0.1, -0.05) is 5.16 Å². The van der Waals surface area contributed by atoms with Gasteiger partial charge in [-0.05, 0) is 43.5 Å². The highest BCUT2D eigenvalue weighted by Crippen LogP contribution is 2.40. The summed E-state index contributed by atoms with van der Waals surface area (Å²) in [6.45, 7) is 1.68. The predicted octanol–water partition coefficient (Wildman–Crippen LogP) is 2.81. The van der Waals surface area contributed by atoms with Crippen molar-refractivity contribution in [3.8, 4) is 0 Å². The summed E-state index contributed by atoms with van der Waals surface area (Å²) in [4.78, 5) is 23.0. The minimum absolute atomic E-state index is 0.213. The van der Waals surface area contributed by atoms with Gasteiger partial charge < -0.3 is 14.9 Å². The number of benzene rings is 1. The highest BCUT2D eigenvalue weighted by atomic mass is 16.5. The molecule has 6 nitrogen and oxygen atoms in total. The lowest BCUT2D eigenvalue weighted by Gasteiger charge is -2.06. The van der Waals surface area contributed by atoms with E-state index in [1.165, 1.54) is 6.07 Å². The van der Waals surface area contributed by atoms with E-state index in [9.17, 15) is 9.59 Å². The van der Waals surface area contributed by atoms with Crippen LogP contribution in [0.25, 0.3) is 0 Å². The lowest BCUT2D eigenvalue weighted by atomic mass is 10.1. The van der Waals surface area contributed by atoms with E-state index in [4.69, 9.17) is 9.63 Å². The lowest BCUT2D eigenvalue weighted by Crippen LogP contribution is -2.12. The molecule has 21 heavy (non-hydrogen) atoms. The van der Waals surface area contributed by atoms with Crippen LogP contribution in [-0.4, -0.2) is 22.1 Å². The quantitative estimate of drug-likeness (QED) is 0.901. The standard InChI is InChI=1S/C15H14N2O4/c1-8-6-10(4-5-11(8)15(19)20)16-14(18)12-7-13(21-17-12)9-2-3-9/h4-7,9H,2-3H2,1H3,(H,16,18)(H,19,20). The first kappa shape index (κ1) is 13.4. The Morgan fingerprint density at radius 1 is 1.33 bits per heavy atom. The molecular formula is C15H14N2O4. The van der Waals surface area contributed by atoms with E-state index < -0.39 is 5.97 Å². The van der Waals surface area contributed by atoms with E-state index in [2.05, 4.69) is 10.5 Å². The number of anilines is 1. The Morgan fingerprint density at radius 2 is 2.10 bits per heavy atom. The van der Waals surface area contributed by atoms with Gasteiger partial charge in [-0.15, -0.1) is 0 Å². The Balaban J connectivity index is 1.74. The highest BCUT2D eigenvalue weighted by molar-refractivity contribution is 6.03. The van der Waals surface area contributed by atoms with Gasteiger partial charge in [0.15, 0.2) is 5.69 Å². The van der Waals surface area contributed by atoms with Crippen LogP contribution in [0.15, 0.2) is 28.8 Å². The smallest absolute Gasteiger partial charge is 0.335 e. The van der Waals surface area contributed by atoms with E-state index in [1.807, 2.05) is 0 Å². The molecule has 0 unspecified atom stereocenters. The number of carbonyl (C=O) groups is 2. The monoisotopic (exact) mass is 286 g/mol. The van der Waals surface area contributed by atoms with Gasteiger partial charge in [0, 0.05) is 17.7 Å². The average molecular weight is 286 g/mol. The van der Waals surface area contributed by atoms with Crippen LogP contribution in [0.2, 0.25) is 0 Å². The molecule has 2 aromatic rings. The van der Waals surface area contributed by atoms with Crippen molar-refractivity contribution in [2.45, 2.75) is 25.7 Å². The van der Waals surface area contributed by atoms with Crippen LogP contribution in [0.3, 0.4) is 0 Å². The molecule has 1 heterocycles. The van der Waals surface area contributed by atoms with Crippen LogP contribution in [0.5, 0.6) is 0 Å². The van der Waals surface area contributed by atoms with Crippen molar-refractivity contribution in [3.63, 3.8) is 0 Å². The van der Waals surface area contributed by atoms with Gasteiger partial charge in [-0.3, -0.25) is 4.79 Å². The molecule has 3 rings (SSSR count). The van der Waals surface area contributed by atoms with Crippen LogP contribution in [0.4, 0.5) is 5.69 Å². The van der Waals surface area contributed by atoms with E-state index >= 15 is 0 Å². The summed E-state index contributed by atoms with van der Waals surface area (Å²) >= 11 is 0. The number of carbonyl (C=O) groups excluding carboxylic acids is 1. The molecule has 2 N–H and O–H groups in total. The minimum atomic E-state index is -0.990. The Morgan fingerprint density at radius 3 is 2.71 bits per heavy atom. The number of aryl methyl sites for hydroxylation is 1. The van der Waals surface area contributed by atoms with Crippen molar-refractivity contribution in [2.75, 3.05) is 5.32 Å². The molecule has 1 saturated carbocycles. The number of aromatic nitrogens is 1. The predicted molar refractivity (Wildman–Crippen MR) is 74.6 cm³/mol. The number of carboxylic acid groups (broad SMARTS) is 1. The minimum Gasteiger partial charge on any atom is -0.478 e. The summed E-state index contributed by atoms with van der Waals surface area (Å²) in [7, 11) is 0. The van der Waals surface area contributed by atoms with Gasteiger partial charge in [-0.2, -0.15) is 0 Å². The first-order chi connectivity index (χ1) is 10.0. The molecule has 0 bridgehead atoms. The topological polar surface area (TPSA) is 92.4 Å². The van der Waals surface area contributed by atoms with Crippen molar-refractivity contribution >= 4 is 17.6 Å². The summed E-state index contributed by atoms with van der Waals surface area (Å²) in [5.74, 6) is -0.210. The zero-order valence-corrected chi connectivity index (χ0v) is 11.4. The molecule has 1 aliphatic carbocycles. The third kappa shape index (κ3) is 2.79. The van der Waals surface area contributed by atoms with E-state index in [1.54, 1.807) is 25.1 Å². The van der Waals surface area contributed by atoms with Gasteiger partial charge in [0.05, 0.1) is 5.56 Å². The molecule has 1 fully saturated rings. The van der Waals surface area contributed by atoms with Crippen molar-refractivity contribution in [3.05, 3.63) is 46.8 Å². The first-order valence-electron chi connectivity index (χ1n) is 6.66. The number of hydrogen-bond acceptors (Lipinski definition) is 4. The fourth-order valence-corrected chi connectivity index (χ4v) is 2.13. The Kier molecular flexibility index (Phi) is 3.21. The molecule has 108 valence electrons. The Hall–Kier alpha value is -2.63. The summed E-state index contributed by atoms with van der Waals surface area (Å²) in [5, 5.41) is 15.4. The van der Waals surface area contributed by atoms with Gasteiger partial charge in [0.1, 0.15) is 5.76 Å². The number of nitrogens with zero attached hydrogens (tertiary/aromatic N) is 1. The van der Waals surface area contributed by atoms with Crippen LogP contribution in [-0.2, 0) is 0 Å². The summed E-state index contributed by atoms with van der Waals surface area (Å²) in [5.41, 5.74) is 1.56. The maximum Gasteiger partial charge on any atom is 0.335 e. The summed E-state index contributed by atoms with van der Waals surface area (Å²) in [6, 6.07) is 6.29. The van der Waals surface area contributed by atoms with Gasteiger partial charge in [0.2, 0.25) is 0 Å². The first-order valence-corrected chi connectivity index (χ1v) is 6.66. The van der Waals surface area contributed by atoms with Gasteiger partial charge in [0.25, 0.3) is 5.91 Å². The number of amides is 1. The maximum absolute atomic E-state index is 12.1. The molecule has 1 aromatic heterocycles. The van der Waals surface area contributed by atoms with E-state index in [-0.39, 0.29) is 17.2 Å². The number of carboxylic acids is 1. The average Bonchev–Trinajstić information content (AvgIpc) is 3.16. The van der Waals surface area contributed by atoms with Crippen molar-refractivity contribution in [2.24, 2.45) is 0 Å². The molecule has 6 heteroatoms. The normalized spacial score (nSPS) is 14.0. The number of nitrogens with one attached hydrogen (secondary N) is 1. The van der Waals surface area contributed by atoms with E-state index in [0.29, 0.717) is 17.2 Å². The third-order valence-corrected chi connectivity index (χ3v) is 3.46. The van der Waals surface area contributed by atoms with E-state index in [0.717, 1.165) is 18.6 Å². The largest absolute Gasteiger partial charge is 0.478 e. The molecular weight excluding hydrogens is 272 g/mol. The molecule has 1 aromatic carbocycles. The molecule has 0 radical (unpaired) electrons. The molecule has 0 spiro atoms. The number of hydrogen-bond donors (Lipinski definition) is 2. The SMILES string of the molecule is Cc1cc(NC(=O)c2cc(C3CC3)on2)ccc1C(=O)O. The summed E-state index contributed by atoms with van der Waals surface area (Å²) < 4.78 is 5.13. The van der Waals surface area contributed by atoms with Crippen molar-refractivity contribution in [1.29, 1.82) is 0 Å². The van der Waals surface area contributed by atoms with Crippen molar-refractivity contribution < 1.29 is 19.2 Å². The maximum atomic E-state index is 12.1. The van der Waals surface area contributed by atoms with Gasteiger partial charge in [-0.25, -0.2) is 4.79 Å². The lowest BCUT2D eigenvalue weighted by molar-refractivity contribution is 0.0696. The highest BCUT2D eigenvalue weighted by Gasteiger charge is 2.28. The molecule has 0 saturated heterocycles. The Bertz CT molecular complexity index is 716. The zero-order chi connectivity index (χ0) is 15.0. The fourth-order valence-electron chi connectivity index (χ4n) is 2.13. The second-order valence-electron chi connectivity index (χ2n) is 5.18. The Labute approximate surface area is 120 Å². The van der Waals surface area contributed by atoms with Crippen LogP contribution < -0.4 is 5.32 Å².